The zero-order valence-electron chi connectivity index (χ0n) is 19.4. The first-order valence-electron chi connectivity index (χ1n) is 10.6. The molecule has 1 amide bonds. The second-order valence-electron chi connectivity index (χ2n) is 7.89. The number of amides is 1. The fourth-order valence-electron chi connectivity index (χ4n) is 3.61. The lowest BCUT2D eigenvalue weighted by Crippen LogP contribution is -2.12. The molecule has 0 aromatic heterocycles. The third-order valence-corrected chi connectivity index (χ3v) is 6.84. The number of phenolic OH excluding ortho intramolecular Hbond substituents is 1. The van der Waals surface area contributed by atoms with E-state index in [2.05, 4.69) is 15.5 Å². The van der Waals surface area contributed by atoms with E-state index in [9.17, 15) is 22.9 Å². The van der Waals surface area contributed by atoms with Crippen LogP contribution in [0, 0.1) is 6.92 Å². The minimum Gasteiger partial charge on any atom is -0.505 e. The number of aryl methyl sites for hydroxylation is 1. The summed E-state index contributed by atoms with van der Waals surface area (Å²) in [6, 6.07) is 15.4. The molecule has 0 unspecified atom stereocenters. The number of fused-ring (bicyclic) bond motifs is 1. The number of carbonyl (C=O) groups is 1. The summed E-state index contributed by atoms with van der Waals surface area (Å²) in [5.41, 5.74) is 0.764. The largest absolute Gasteiger partial charge is 0.505 e. The van der Waals surface area contributed by atoms with Gasteiger partial charge >= 0.3 is 0 Å². The van der Waals surface area contributed by atoms with Gasteiger partial charge in [0.25, 0.3) is 16.0 Å². The van der Waals surface area contributed by atoms with Crippen LogP contribution in [-0.4, -0.2) is 31.1 Å². The Morgan fingerprint density at radius 3 is 2.32 bits per heavy atom. The number of benzene rings is 4. The fourth-order valence-corrected chi connectivity index (χ4v) is 4.83. The molecular weight excluding hydrogens is 541 g/mol. The molecule has 190 valence electrons. The number of rotatable bonds is 6. The molecule has 37 heavy (non-hydrogen) atoms. The van der Waals surface area contributed by atoms with E-state index in [0.717, 1.165) is 6.07 Å². The van der Waals surface area contributed by atoms with Crippen LogP contribution >= 0.6 is 23.2 Å². The molecule has 0 atom stereocenters. The molecule has 12 heteroatoms. The number of ether oxygens (including phenoxy) is 1. The zero-order chi connectivity index (χ0) is 26.9. The fraction of sp³-hybridized carbons (Fsp3) is 0.0800. The van der Waals surface area contributed by atoms with Gasteiger partial charge in [0, 0.05) is 11.1 Å². The first-order chi connectivity index (χ1) is 17.5. The highest BCUT2D eigenvalue weighted by Crippen LogP contribution is 2.41. The topological polar surface area (TPSA) is 138 Å². The zero-order valence-corrected chi connectivity index (χ0v) is 21.7. The highest BCUT2D eigenvalue weighted by Gasteiger charge is 2.20. The molecule has 0 aliphatic rings. The van der Waals surface area contributed by atoms with Crippen molar-refractivity contribution in [3.8, 4) is 11.5 Å². The lowest BCUT2D eigenvalue weighted by atomic mass is 10.0. The third-order valence-electron chi connectivity index (χ3n) is 5.42. The lowest BCUT2D eigenvalue weighted by molar-refractivity contribution is 0.102. The molecule has 0 saturated carbocycles. The van der Waals surface area contributed by atoms with Crippen LogP contribution in [0.4, 0.5) is 17.1 Å². The lowest BCUT2D eigenvalue weighted by Gasteiger charge is -2.12. The molecule has 9 nitrogen and oxygen atoms in total. The van der Waals surface area contributed by atoms with E-state index >= 15 is 0 Å². The van der Waals surface area contributed by atoms with Gasteiger partial charge in [-0.2, -0.15) is 8.42 Å². The second kappa shape index (κ2) is 10.3. The molecule has 0 saturated heterocycles. The van der Waals surface area contributed by atoms with Crippen molar-refractivity contribution in [2.45, 2.75) is 11.8 Å². The van der Waals surface area contributed by atoms with Crippen LogP contribution in [0.5, 0.6) is 11.5 Å². The Morgan fingerprint density at radius 1 is 0.973 bits per heavy atom. The van der Waals surface area contributed by atoms with Crippen molar-refractivity contribution in [1.82, 2.24) is 0 Å². The van der Waals surface area contributed by atoms with Crippen LogP contribution in [0.1, 0.15) is 15.9 Å². The van der Waals surface area contributed by atoms with Crippen molar-refractivity contribution in [3.05, 3.63) is 81.8 Å². The summed E-state index contributed by atoms with van der Waals surface area (Å²) in [5, 5.41) is 23.3. The van der Waals surface area contributed by atoms with Gasteiger partial charge in [-0.25, -0.2) is 0 Å². The van der Waals surface area contributed by atoms with E-state index in [0.29, 0.717) is 32.8 Å². The molecule has 0 fully saturated rings. The van der Waals surface area contributed by atoms with Crippen LogP contribution in [0.2, 0.25) is 10.0 Å². The predicted molar refractivity (Wildman–Crippen MR) is 142 cm³/mol. The summed E-state index contributed by atoms with van der Waals surface area (Å²) in [6.07, 6.45) is 0. The van der Waals surface area contributed by atoms with E-state index < -0.39 is 21.8 Å². The van der Waals surface area contributed by atoms with Crippen molar-refractivity contribution in [2.75, 3.05) is 12.4 Å². The molecule has 0 bridgehead atoms. The minimum atomic E-state index is -4.47. The number of halogens is 2. The molecule has 4 aromatic carbocycles. The van der Waals surface area contributed by atoms with Gasteiger partial charge in [0.1, 0.15) is 17.1 Å². The molecule has 4 rings (SSSR count). The van der Waals surface area contributed by atoms with E-state index in [-0.39, 0.29) is 26.9 Å². The summed E-state index contributed by atoms with van der Waals surface area (Å²) >= 11 is 12.3. The first kappa shape index (κ1) is 26.4. The van der Waals surface area contributed by atoms with Crippen molar-refractivity contribution in [2.24, 2.45) is 10.2 Å². The number of nitrogens with one attached hydrogen (secondary N) is 1. The van der Waals surface area contributed by atoms with Crippen molar-refractivity contribution < 1.29 is 27.6 Å². The summed E-state index contributed by atoms with van der Waals surface area (Å²) in [4.78, 5) is 12.7. The number of hydrogen-bond acceptors (Lipinski definition) is 7. The van der Waals surface area contributed by atoms with Gasteiger partial charge < -0.3 is 15.2 Å². The number of nitrogens with zero attached hydrogens (tertiary/aromatic N) is 2. The highest BCUT2D eigenvalue weighted by molar-refractivity contribution is 7.85. The van der Waals surface area contributed by atoms with Gasteiger partial charge in [-0.3, -0.25) is 9.35 Å². The predicted octanol–water partition coefficient (Wildman–Crippen LogP) is 7.08. The number of aromatic hydroxyl groups is 1. The van der Waals surface area contributed by atoms with E-state index in [1.165, 1.54) is 32.2 Å². The number of azo groups is 1. The van der Waals surface area contributed by atoms with Gasteiger partial charge in [-0.05, 0) is 54.3 Å². The molecule has 0 aliphatic carbocycles. The maximum Gasteiger partial charge on any atom is 0.294 e. The third kappa shape index (κ3) is 5.52. The Balaban J connectivity index is 1.77. The first-order valence-corrected chi connectivity index (χ1v) is 12.8. The molecule has 4 aromatic rings. The second-order valence-corrected chi connectivity index (χ2v) is 10.1. The number of phenols is 1. The molecule has 0 heterocycles. The quantitative estimate of drug-likeness (QED) is 0.170. The van der Waals surface area contributed by atoms with Crippen molar-refractivity contribution in [1.29, 1.82) is 0 Å². The smallest absolute Gasteiger partial charge is 0.294 e. The number of anilines is 1. The van der Waals surface area contributed by atoms with E-state index in [4.69, 9.17) is 27.9 Å². The Bertz CT molecular complexity index is 1670. The van der Waals surface area contributed by atoms with Crippen LogP contribution in [0.25, 0.3) is 10.8 Å². The summed E-state index contributed by atoms with van der Waals surface area (Å²) in [5.74, 6) is -0.606. The Hall–Kier alpha value is -3.70. The standard InChI is InChI=1S/C25H19Cl2N3O6S/c1-13-9-16(37(33,34)35)12-20(27)22(13)29-30-23-17-6-4-3-5-14(17)10-18(24(23)31)25(32)28-15-7-8-21(36-2)19(26)11-15/h3-12,31H,1-2H3,(H,28,32)(H,33,34,35). The molecule has 0 spiro atoms. The van der Waals surface area contributed by atoms with Crippen LogP contribution in [0.3, 0.4) is 0 Å². The Morgan fingerprint density at radius 2 is 1.68 bits per heavy atom. The van der Waals surface area contributed by atoms with Gasteiger partial charge in [0.05, 0.1) is 27.6 Å². The maximum absolute atomic E-state index is 13.1. The molecule has 0 radical (unpaired) electrons. The summed E-state index contributed by atoms with van der Waals surface area (Å²) in [7, 11) is -3.00. The maximum atomic E-state index is 13.1. The normalized spacial score (nSPS) is 11.7. The number of carbonyl (C=O) groups excluding carboxylic acids is 1. The van der Waals surface area contributed by atoms with Crippen LogP contribution < -0.4 is 10.1 Å². The van der Waals surface area contributed by atoms with E-state index in [1.807, 2.05) is 0 Å². The van der Waals surface area contributed by atoms with Gasteiger partial charge in [-0.15, -0.1) is 10.2 Å². The van der Waals surface area contributed by atoms with Gasteiger partial charge in [0.15, 0.2) is 5.75 Å². The average molecular weight is 560 g/mol. The number of methoxy groups -OCH3 is 1. The van der Waals surface area contributed by atoms with Crippen LogP contribution in [-0.2, 0) is 10.1 Å². The SMILES string of the molecule is COc1ccc(NC(=O)c2cc3ccccc3c(N=Nc3c(C)cc(S(=O)(=O)O)cc3Cl)c2O)cc1Cl. The minimum absolute atomic E-state index is 0.00494. The Labute approximate surface area is 222 Å². The highest BCUT2D eigenvalue weighted by atomic mass is 35.5. The Kier molecular flexibility index (Phi) is 7.37. The molecule has 0 aliphatic heterocycles. The van der Waals surface area contributed by atoms with Crippen molar-refractivity contribution >= 4 is 67.1 Å². The number of hydrogen-bond donors (Lipinski definition) is 3. The van der Waals surface area contributed by atoms with E-state index in [1.54, 1.807) is 36.4 Å². The van der Waals surface area contributed by atoms with Crippen LogP contribution in [0.15, 0.2) is 75.8 Å². The monoisotopic (exact) mass is 559 g/mol. The van der Waals surface area contributed by atoms with Gasteiger partial charge in [0.2, 0.25) is 0 Å². The molecule has 3 N–H and O–H groups in total. The summed E-state index contributed by atoms with van der Waals surface area (Å²) < 4.78 is 37.3. The average Bonchev–Trinajstić information content (AvgIpc) is 2.83. The summed E-state index contributed by atoms with van der Waals surface area (Å²) in [6.45, 7) is 1.54. The molecular formula is C25H19Cl2N3O6S. The van der Waals surface area contributed by atoms with Gasteiger partial charge in [-0.1, -0.05) is 47.5 Å². The van der Waals surface area contributed by atoms with Crippen molar-refractivity contribution in [3.63, 3.8) is 0 Å².